The molecule has 0 fully saturated rings. The Kier molecular flexibility index (Phi) is 7.09. The second-order valence-corrected chi connectivity index (χ2v) is 9.30. The number of nitrogens with one attached hydrogen (secondary N) is 2. The molecular formula is C24H27N3O3S. The van der Waals surface area contributed by atoms with Crippen LogP contribution in [-0.4, -0.2) is 28.4 Å². The summed E-state index contributed by atoms with van der Waals surface area (Å²) in [7, 11) is 0.189. The minimum Gasteiger partial charge on any atom is -0.378 e. The number of hydrogen-bond acceptors (Lipinski definition) is 4. The molecule has 1 amide bonds. The van der Waals surface area contributed by atoms with Crippen LogP contribution in [-0.2, 0) is 23.1 Å². The molecular weight excluding hydrogens is 410 g/mol. The van der Waals surface area contributed by atoms with Crippen molar-refractivity contribution in [3.63, 3.8) is 0 Å². The van der Waals surface area contributed by atoms with E-state index >= 15 is 0 Å². The molecule has 0 saturated heterocycles. The van der Waals surface area contributed by atoms with Crippen LogP contribution in [0.25, 0.3) is 0 Å². The zero-order valence-corrected chi connectivity index (χ0v) is 18.7. The molecule has 0 unspecified atom stereocenters. The van der Waals surface area contributed by atoms with Crippen molar-refractivity contribution < 1.29 is 13.2 Å². The molecule has 0 spiro atoms. The van der Waals surface area contributed by atoms with Crippen LogP contribution in [0.3, 0.4) is 0 Å². The Morgan fingerprint density at radius 3 is 2.16 bits per heavy atom. The Morgan fingerprint density at radius 1 is 0.871 bits per heavy atom. The maximum atomic E-state index is 12.7. The lowest BCUT2D eigenvalue weighted by molar-refractivity contribution is 0.0950. The number of carbonyl (C=O) groups excluding carboxylic acids is 1. The third kappa shape index (κ3) is 5.93. The van der Waals surface area contributed by atoms with E-state index in [1.54, 1.807) is 13.0 Å². The molecule has 7 heteroatoms. The van der Waals surface area contributed by atoms with E-state index in [0.717, 1.165) is 16.8 Å². The van der Waals surface area contributed by atoms with Crippen molar-refractivity contribution in [2.24, 2.45) is 0 Å². The van der Waals surface area contributed by atoms with E-state index in [4.69, 9.17) is 0 Å². The molecule has 3 aromatic rings. The number of sulfonamides is 1. The van der Waals surface area contributed by atoms with E-state index in [0.29, 0.717) is 17.7 Å². The third-order valence-electron chi connectivity index (χ3n) is 4.98. The fourth-order valence-corrected chi connectivity index (χ4v) is 4.10. The lowest BCUT2D eigenvalue weighted by atomic mass is 10.1. The molecule has 0 aliphatic carbocycles. The van der Waals surface area contributed by atoms with Crippen LogP contribution in [0.4, 0.5) is 5.69 Å². The Hall–Kier alpha value is -3.16. The van der Waals surface area contributed by atoms with Crippen LogP contribution in [0.1, 0.15) is 27.0 Å². The second kappa shape index (κ2) is 9.76. The van der Waals surface area contributed by atoms with Crippen molar-refractivity contribution in [2.75, 3.05) is 19.0 Å². The van der Waals surface area contributed by atoms with Gasteiger partial charge in [-0.15, -0.1) is 0 Å². The second-order valence-electron chi connectivity index (χ2n) is 7.53. The zero-order valence-electron chi connectivity index (χ0n) is 17.9. The predicted octanol–water partition coefficient (Wildman–Crippen LogP) is 3.47. The van der Waals surface area contributed by atoms with Crippen LogP contribution < -0.4 is 14.9 Å². The van der Waals surface area contributed by atoms with E-state index in [-0.39, 0.29) is 17.3 Å². The summed E-state index contributed by atoms with van der Waals surface area (Å²) < 4.78 is 28.0. The van der Waals surface area contributed by atoms with Gasteiger partial charge in [-0.05, 0) is 47.9 Å². The normalized spacial score (nSPS) is 11.2. The maximum absolute atomic E-state index is 12.7. The molecule has 0 aromatic heterocycles. The summed E-state index contributed by atoms with van der Waals surface area (Å²) in [5, 5.41) is 2.87. The maximum Gasteiger partial charge on any atom is 0.251 e. The first-order valence-corrected chi connectivity index (χ1v) is 11.4. The summed E-state index contributed by atoms with van der Waals surface area (Å²) in [5.41, 5.74) is 3.95. The minimum absolute atomic E-state index is 0.0644. The number of amides is 1. The number of benzene rings is 3. The molecule has 6 nitrogen and oxygen atoms in total. The Labute approximate surface area is 184 Å². The molecule has 31 heavy (non-hydrogen) atoms. The number of carbonyl (C=O) groups is 1. The molecule has 0 heterocycles. The summed E-state index contributed by atoms with van der Waals surface area (Å²) in [5.74, 6) is -0.311. The monoisotopic (exact) mass is 437 g/mol. The molecule has 2 N–H and O–H groups in total. The van der Waals surface area contributed by atoms with Crippen LogP contribution in [0.15, 0.2) is 77.7 Å². The SMILES string of the molecule is Cc1ccc(S(=O)(=O)NCc2ccccc2)cc1C(=O)NCc1ccc(N(C)C)cc1. The van der Waals surface area contributed by atoms with Gasteiger partial charge >= 0.3 is 0 Å². The number of anilines is 1. The Balaban J connectivity index is 1.69. The largest absolute Gasteiger partial charge is 0.378 e. The number of rotatable bonds is 8. The Morgan fingerprint density at radius 2 is 1.52 bits per heavy atom. The third-order valence-corrected chi connectivity index (χ3v) is 6.38. The molecule has 0 bridgehead atoms. The lowest BCUT2D eigenvalue weighted by Gasteiger charge is -2.13. The summed E-state index contributed by atoms with van der Waals surface area (Å²) in [6.45, 7) is 2.32. The standard InChI is InChI=1S/C24H27N3O3S/c1-18-9-14-22(31(29,30)26-17-19-7-5-4-6-8-19)15-23(18)24(28)25-16-20-10-12-21(13-11-20)27(2)3/h4-15,26H,16-17H2,1-3H3,(H,25,28). The summed E-state index contributed by atoms with van der Waals surface area (Å²) in [6.07, 6.45) is 0. The molecule has 0 aliphatic heterocycles. The lowest BCUT2D eigenvalue weighted by Crippen LogP contribution is -2.26. The average molecular weight is 438 g/mol. The molecule has 3 aromatic carbocycles. The van der Waals surface area contributed by atoms with Gasteiger partial charge in [-0.1, -0.05) is 48.5 Å². The summed E-state index contributed by atoms with van der Waals surface area (Å²) in [6, 6.07) is 21.7. The van der Waals surface area contributed by atoms with Gasteiger partial charge < -0.3 is 10.2 Å². The zero-order chi connectivity index (χ0) is 22.4. The molecule has 0 saturated carbocycles. The summed E-state index contributed by atoms with van der Waals surface area (Å²) in [4.78, 5) is 14.8. The van der Waals surface area contributed by atoms with E-state index < -0.39 is 10.0 Å². The van der Waals surface area contributed by atoms with Crippen molar-refractivity contribution in [3.8, 4) is 0 Å². The molecule has 0 aliphatic rings. The fourth-order valence-electron chi connectivity index (χ4n) is 3.06. The number of aryl methyl sites for hydroxylation is 1. The predicted molar refractivity (Wildman–Crippen MR) is 124 cm³/mol. The van der Waals surface area contributed by atoms with E-state index in [2.05, 4.69) is 10.0 Å². The highest BCUT2D eigenvalue weighted by atomic mass is 32.2. The first-order chi connectivity index (χ1) is 14.8. The van der Waals surface area contributed by atoms with E-state index in [9.17, 15) is 13.2 Å². The van der Waals surface area contributed by atoms with Gasteiger partial charge in [0, 0.05) is 38.4 Å². The van der Waals surface area contributed by atoms with Crippen LogP contribution >= 0.6 is 0 Å². The smallest absolute Gasteiger partial charge is 0.251 e. The first-order valence-electron chi connectivity index (χ1n) is 9.95. The van der Waals surface area contributed by atoms with Gasteiger partial charge in [0.05, 0.1) is 4.90 Å². The van der Waals surface area contributed by atoms with Gasteiger partial charge in [0.1, 0.15) is 0 Å². The van der Waals surface area contributed by atoms with Crippen LogP contribution in [0, 0.1) is 6.92 Å². The van der Waals surface area contributed by atoms with Crippen molar-refractivity contribution in [1.82, 2.24) is 10.0 Å². The fraction of sp³-hybridized carbons (Fsp3) is 0.208. The van der Waals surface area contributed by atoms with Crippen LogP contribution in [0.5, 0.6) is 0 Å². The molecule has 162 valence electrons. The van der Waals surface area contributed by atoms with Crippen LogP contribution in [0.2, 0.25) is 0 Å². The number of hydrogen-bond donors (Lipinski definition) is 2. The van der Waals surface area contributed by atoms with E-state index in [1.165, 1.54) is 12.1 Å². The molecule has 0 radical (unpaired) electrons. The summed E-state index contributed by atoms with van der Waals surface area (Å²) >= 11 is 0. The van der Waals surface area contributed by atoms with Gasteiger partial charge in [-0.2, -0.15) is 0 Å². The van der Waals surface area contributed by atoms with Gasteiger partial charge in [-0.25, -0.2) is 13.1 Å². The van der Waals surface area contributed by atoms with Crippen molar-refractivity contribution >= 4 is 21.6 Å². The van der Waals surface area contributed by atoms with Gasteiger partial charge in [-0.3, -0.25) is 4.79 Å². The highest BCUT2D eigenvalue weighted by Gasteiger charge is 2.18. The quantitative estimate of drug-likeness (QED) is 0.566. The first kappa shape index (κ1) is 22.5. The molecule has 3 rings (SSSR count). The molecule has 0 atom stereocenters. The minimum atomic E-state index is -3.75. The Bertz CT molecular complexity index is 1140. The van der Waals surface area contributed by atoms with Crippen molar-refractivity contribution in [3.05, 3.63) is 95.1 Å². The van der Waals surface area contributed by atoms with Gasteiger partial charge in [0.25, 0.3) is 5.91 Å². The van der Waals surface area contributed by atoms with Crippen molar-refractivity contribution in [2.45, 2.75) is 24.9 Å². The average Bonchev–Trinajstić information content (AvgIpc) is 2.77. The van der Waals surface area contributed by atoms with Crippen molar-refractivity contribution in [1.29, 1.82) is 0 Å². The highest BCUT2D eigenvalue weighted by molar-refractivity contribution is 7.89. The topological polar surface area (TPSA) is 78.5 Å². The van der Waals surface area contributed by atoms with E-state index in [1.807, 2.05) is 73.6 Å². The van der Waals surface area contributed by atoms with Gasteiger partial charge in [0.2, 0.25) is 10.0 Å². The van der Waals surface area contributed by atoms with Gasteiger partial charge in [0.15, 0.2) is 0 Å². The number of nitrogens with zero attached hydrogens (tertiary/aromatic N) is 1. The highest BCUT2D eigenvalue weighted by Crippen LogP contribution is 2.17.